The minimum absolute atomic E-state index is 0.488. The molecule has 0 saturated carbocycles. The first-order valence-electron chi connectivity index (χ1n) is 6.56. The van der Waals surface area contributed by atoms with Gasteiger partial charge < -0.3 is 14.8 Å². The number of benzene rings is 1. The zero-order valence-electron chi connectivity index (χ0n) is 10.6. The topological polar surface area (TPSA) is 30.5 Å². The first kappa shape index (κ1) is 12.1. The van der Waals surface area contributed by atoms with E-state index in [0.717, 1.165) is 29.6 Å². The highest BCUT2D eigenvalue weighted by molar-refractivity contribution is 6.33. The van der Waals surface area contributed by atoms with Crippen molar-refractivity contribution in [2.75, 3.05) is 26.3 Å². The third-order valence-electron chi connectivity index (χ3n) is 3.72. The van der Waals surface area contributed by atoms with Gasteiger partial charge >= 0.3 is 0 Å². The smallest absolute Gasteiger partial charge is 0.180 e. The first-order valence-corrected chi connectivity index (χ1v) is 6.94. The van der Waals surface area contributed by atoms with Gasteiger partial charge in [-0.1, -0.05) is 11.6 Å². The number of hydrogen-bond donors (Lipinski definition) is 1. The molecule has 98 valence electrons. The number of piperidine rings is 1. The molecule has 0 spiro atoms. The Bertz CT molecular complexity index is 456. The second-order valence-corrected chi connectivity index (χ2v) is 5.37. The van der Waals surface area contributed by atoms with Crippen LogP contribution in [0.1, 0.15) is 29.9 Å². The molecular formula is C14H18ClNO2. The normalized spacial score (nSPS) is 22.9. The molecule has 1 aromatic rings. The maximum absolute atomic E-state index is 6.53. The van der Waals surface area contributed by atoms with E-state index in [4.69, 9.17) is 21.1 Å². The Morgan fingerprint density at radius 2 is 2.17 bits per heavy atom. The van der Waals surface area contributed by atoms with Gasteiger partial charge in [-0.2, -0.15) is 0 Å². The Labute approximate surface area is 112 Å². The minimum Gasteiger partial charge on any atom is -0.486 e. The molecule has 2 heterocycles. The van der Waals surface area contributed by atoms with Crippen LogP contribution in [-0.2, 0) is 0 Å². The molecule has 0 aliphatic carbocycles. The van der Waals surface area contributed by atoms with E-state index in [2.05, 4.69) is 18.3 Å². The number of ether oxygens (including phenoxy) is 2. The number of fused-ring (bicyclic) bond motifs is 1. The van der Waals surface area contributed by atoms with Crippen molar-refractivity contribution in [2.24, 2.45) is 0 Å². The zero-order chi connectivity index (χ0) is 12.5. The number of halogens is 1. The van der Waals surface area contributed by atoms with Crippen molar-refractivity contribution in [2.45, 2.75) is 25.7 Å². The number of aryl methyl sites for hydroxylation is 1. The molecule has 0 aromatic heterocycles. The van der Waals surface area contributed by atoms with Gasteiger partial charge in [-0.25, -0.2) is 0 Å². The van der Waals surface area contributed by atoms with Crippen molar-refractivity contribution in [3.8, 4) is 11.5 Å². The summed E-state index contributed by atoms with van der Waals surface area (Å²) in [7, 11) is 0. The molecule has 1 aromatic carbocycles. The predicted octanol–water partition coefficient (Wildman–Crippen LogP) is 2.89. The highest BCUT2D eigenvalue weighted by Crippen LogP contribution is 2.44. The number of rotatable bonds is 1. The number of hydrogen-bond acceptors (Lipinski definition) is 3. The lowest BCUT2D eigenvalue weighted by atomic mass is 9.88. The van der Waals surface area contributed by atoms with E-state index in [0.29, 0.717) is 19.1 Å². The van der Waals surface area contributed by atoms with Crippen LogP contribution in [0.3, 0.4) is 0 Å². The summed E-state index contributed by atoms with van der Waals surface area (Å²) in [5, 5.41) is 4.19. The Kier molecular flexibility index (Phi) is 3.35. The van der Waals surface area contributed by atoms with Crippen LogP contribution in [0.25, 0.3) is 0 Å². The second-order valence-electron chi connectivity index (χ2n) is 4.99. The van der Waals surface area contributed by atoms with Crippen LogP contribution in [0.15, 0.2) is 6.07 Å². The van der Waals surface area contributed by atoms with E-state index in [-0.39, 0.29) is 0 Å². The molecule has 3 nitrogen and oxygen atoms in total. The molecule has 1 saturated heterocycles. The quantitative estimate of drug-likeness (QED) is 0.849. The maximum Gasteiger partial charge on any atom is 0.180 e. The molecule has 0 bridgehead atoms. The Balaban J connectivity index is 2.02. The summed E-state index contributed by atoms with van der Waals surface area (Å²) >= 11 is 6.53. The molecule has 18 heavy (non-hydrogen) atoms. The van der Waals surface area contributed by atoms with Crippen LogP contribution in [0, 0.1) is 6.92 Å². The van der Waals surface area contributed by atoms with Crippen molar-refractivity contribution in [3.63, 3.8) is 0 Å². The largest absolute Gasteiger partial charge is 0.486 e. The third-order valence-corrected chi connectivity index (χ3v) is 4.10. The molecule has 2 aliphatic rings. The maximum atomic E-state index is 6.53. The molecule has 0 radical (unpaired) electrons. The van der Waals surface area contributed by atoms with E-state index in [1.165, 1.54) is 24.0 Å². The molecule has 3 rings (SSSR count). The Hall–Kier alpha value is -0.930. The van der Waals surface area contributed by atoms with E-state index < -0.39 is 0 Å². The predicted molar refractivity (Wildman–Crippen MR) is 72.0 cm³/mol. The molecule has 1 N–H and O–H groups in total. The highest BCUT2D eigenvalue weighted by Gasteiger charge is 2.26. The van der Waals surface area contributed by atoms with E-state index >= 15 is 0 Å². The molecule has 1 atom stereocenters. The van der Waals surface area contributed by atoms with Crippen molar-refractivity contribution in [1.82, 2.24) is 5.32 Å². The van der Waals surface area contributed by atoms with Gasteiger partial charge in [-0.05, 0) is 49.4 Å². The molecule has 4 heteroatoms. The van der Waals surface area contributed by atoms with Gasteiger partial charge in [0.15, 0.2) is 11.5 Å². The molecular weight excluding hydrogens is 250 g/mol. The van der Waals surface area contributed by atoms with Crippen molar-refractivity contribution in [1.29, 1.82) is 0 Å². The lowest BCUT2D eigenvalue weighted by Crippen LogP contribution is -2.29. The summed E-state index contributed by atoms with van der Waals surface area (Å²) in [6.07, 6.45) is 2.39. The van der Waals surface area contributed by atoms with Crippen molar-refractivity contribution >= 4 is 11.6 Å². The zero-order valence-corrected chi connectivity index (χ0v) is 11.3. The molecule has 0 amide bonds. The van der Waals surface area contributed by atoms with Gasteiger partial charge in [0, 0.05) is 6.54 Å². The van der Waals surface area contributed by atoms with Gasteiger partial charge in [0.2, 0.25) is 0 Å². The second kappa shape index (κ2) is 4.98. The van der Waals surface area contributed by atoms with Crippen LogP contribution in [0.5, 0.6) is 11.5 Å². The third kappa shape index (κ3) is 2.06. The molecule has 1 unspecified atom stereocenters. The van der Waals surface area contributed by atoms with E-state index in [1.54, 1.807) is 0 Å². The van der Waals surface area contributed by atoms with Crippen LogP contribution < -0.4 is 14.8 Å². The fourth-order valence-electron chi connectivity index (χ4n) is 2.88. The monoisotopic (exact) mass is 267 g/mol. The van der Waals surface area contributed by atoms with Gasteiger partial charge in [0.1, 0.15) is 13.2 Å². The van der Waals surface area contributed by atoms with E-state index in [9.17, 15) is 0 Å². The summed E-state index contributed by atoms with van der Waals surface area (Å²) in [6, 6.07) is 2.06. The minimum atomic E-state index is 0.488. The Morgan fingerprint density at radius 3 is 2.94 bits per heavy atom. The van der Waals surface area contributed by atoms with Crippen LogP contribution in [0.2, 0.25) is 5.02 Å². The van der Waals surface area contributed by atoms with Crippen molar-refractivity contribution in [3.05, 3.63) is 22.2 Å². The first-order chi connectivity index (χ1) is 8.77. The van der Waals surface area contributed by atoms with Gasteiger partial charge in [0.05, 0.1) is 5.02 Å². The summed E-state index contributed by atoms with van der Waals surface area (Å²) in [5.41, 5.74) is 2.44. The lowest BCUT2D eigenvalue weighted by molar-refractivity contribution is 0.171. The Morgan fingerprint density at radius 1 is 1.33 bits per heavy atom. The van der Waals surface area contributed by atoms with Gasteiger partial charge in [0.25, 0.3) is 0 Å². The van der Waals surface area contributed by atoms with Crippen LogP contribution >= 0.6 is 11.6 Å². The average Bonchev–Trinajstić information content (AvgIpc) is 2.40. The highest BCUT2D eigenvalue weighted by atomic mass is 35.5. The summed E-state index contributed by atoms with van der Waals surface area (Å²) < 4.78 is 11.3. The van der Waals surface area contributed by atoms with Crippen molar-refractivity contribution < 1.29 is 9.47 Å². The SMILES string of the molecule is Cc1cc2c(c(Cl)c1C1CCCNC1)OCCO2. The molecule has 2 aliphatic heterocycles. The standard InChI is InChI=1S/C14H18ClNO2/c1-9-7-11-14(18-6-5-17-11)13(15)12(9)10-3-2-4-16-8-10/h7,10,16H,2-6,8H2,1H3. The van der Waals surface area contributed by atoms with Gasteiger partial charge in [-0.15, -0.1) is 0 Å². The van der Waals surface area contributed by atoms with Crippen LogP contribution in [-0.4, -0.2) is 26.3 Å². The average molecular weight is 268 g/mol. The number of nitrogens with one attached hydrogen (secondary N) is 1. The summed E-state index contributed by atoms with van der Waals surface area (Å²) in [5.74, 6) is 2.01. The van der Waals surface area contributed by atoms with Gasteiger partial charge in [-0.3, -0.25) is 0 Å². The van der Waals surface area contributed by atoms with E-state index in [1.807, 2.05) is 0 Å². The fraction of sp³-hybridized carbons (Fsp3) is 0.571. The lowest BCUT2D eigenvalue weighted by Gasteiger charge is -2.28. The summed E-state index contributed by atoms with van der Waals surface area (Å²) in [4.78, 5) is 0. The van der Waals surface area contributed by atoms with Crippen LogP contribution in [0.4, 0.5) is 0 Å². The molecule has 1 fully saturated rings. The fourth-order valence-corrected chi connectivity index (χ4v) is 3.33. The summed E-state index contributed by atoms with van der Waals surface area (Å²) in [6.45, 7) is 5.40.